The number of aliphatic hydroxyl groups is 1. The lowest BCUT2D eigenvalue weighted by Crippen LogP contribution is -1.98. The second-order valence-corrected chi connectivity index (χ2v) is 3.00. The van der Waals surface area contributed by atoms with Gasteiger partial charge in [0.1, 0.15) is 6.10 Å². The largest absolute Gasteiger partial charge is 0.380 e. The Morgan fingerprint density at radius 2 is 2.33 bits per heavy atom. The highest BCUT2D eigenvalue weighted by Crippen LogP contribution is 2.11. The van der Waals surface area contributed by atoms with Crippen LogP contribution in [0.25, 0.3) is 0 Å². The van der Waals surface area contributed by atoms with E-state index >= 15 is 0 Å². The van der Waals surface area contributed by atoms with Gasteiger partial charge in [-0.1, -0.05) is 24.8 Å². The number of nitrogens with zero attached hydrogens (tertiary/aromatic N) is 1. The fourth-order valence-corrected chi connectivity index (χ4v) is 0.966. The molecular formula is C11H11NO3. The van der Waals surface area contributed by atoms with Crippen molar-refractivity contribution >= 4 is 5.69 Å². The molecule has 0 spiro atoms. The summed E-state index contributed by atoms with van der Waals surface area (Å²) < 4.78 is 0. The van der Waals surface area contributed by atoms with Crippen molar-refractivity contribution in [2.45, 2.75) is 19.4 Å². The molecule has 0 fully saturated rings. The summed E-state index contributed by atoms with van der Waals surface area (Å²) in [6.45, 7) is 1.81. The standard InChI is InChI=1S/C11H11NO3/c1-2-11(13)7-6-9-4-3-5-10(8-9)12(14)15/h3-5,8,11,13H,2H2,1H3. The van der Waals surface area contributed by atoms with Crippen LogP contribution in [0.5, 0.6) is 0 Å². The van der Waals surface area contributed by atoms with Crippen LogP contribution in [-0.2, 0) is 0 Å². The van der Waals surface area contributed by atoms with Crippen LogP contribution in [0.4, 0.5) is 5.69 Å². The summed E-state index contributed by atoms with van der Waals surface area (Å²) in [5.74, 6) is 5.28. The third kappa shape index (κ3) is 3.41. The lowest BCUT2D eigenvalue weighted by Gasteiger charge is -1.95. The topological polar surface area (TPSA) is 63.4 Å². The molecule has 4 nitrogen and oxygen atoms in total. The first-order valence-electron chi connectivity index (χ1n) is 4.57. The molecule has 0 saturated carbocycles. The summed E-state index contributed by atoms with van der Waals surface area (Å²) in [4.78, 5) is 9.98. The van der Waals surface area contributed by atoms with Gasteiger partial charge in [-0.15, -0.1) is 0 Å². The van der Waals surface area contributed by atoms with Gasteiger partial charge in [0.05, 0.1) is 4.92 Å². The summed E-state index contributed by atoms with van der Waals surface area (Å²) in [5, 5.41) is 19.6. The van der Waals surface area contributed by atoms with Gasteiger partial charge >= 0.3 is 0 Å². The van der Waals surface area contributed by atoms with Gasteiger partial charge in [0.2, 0.25) is 0 Å². The summed E-state index contributed by atoms with van der Waals surface area (Å²) >= 11 is 0. The molecule has 4 heteroatoms. The van der Waals surface area contributed by atoms with Crippen molar-refractivity contribution in [3.8, 4) is 11.8 Å². The van der Waals surface area contributed by atoms with Crippen LogP contribution in [0.3, 0.4) is 0 Å². The molecule has 0 heterocycles. The Hall–Kier alpha value is -1.86. The Morgan fingerprint density at radius 3 is 2.93 bits per heavy atom. The number of non-ortho nitro benzene ring substituents is 1. The summed E-state index contributed by atoms with van der Waals surface area (Å²) in [6, 6.07) is 6.03. The first-order valence-corrected chi connectivity index (χ1v) is 4.57. The zero-order valence-corrected chi connectivity index (χ0v) is 8.30. The van der Waals surface area contributed by atoms with Gasteiger partial charge < -0.3 is 5.11 Å². The normalized spacial score (nSPS) is 11.3. The van der Waals surface area contributed by atoms with Gasteiger partial charge in [-0.25, -0.2) is 0 Å². The molecule has 1 aromatic rings. The van der Waals surface area contributed by atoms with Gasteiger partial charge in [0.25, 0.3) is 5.69 Å². The van der Waals surface area contributed by atoms with Crippen LogP contribution < -0.4 is 0 Å². The predicted molar refractivity (Wildman–Crippen MR) is 56.3 cm³/mol. The third-order valence-electron chi connectivity index (χ3n) is 1.83. The Balaban J connectivity index is 2.90. The van der Waals surface area contributed by atoms with Crippen molar-refractivity contribution in [2.24, 2.45) is 0 Å². The van der Waals surface area contributed by atoms with Crippen molar-refractivity contribution in [1.82, 2.24) is 0 Å². The number of hydrogen-bond donors (Lipinski definition) is 1. The van der Waals surface area contributed by atoms with Crippen LogP contribution in [0.1, 0.15) is 18.9 Å². The Bertz CT molecular complexity index is 417. The quantitative estimate of drug-likeness (QED) is 0.454. The van der Waals surface area contributed by atoms with Crippen LogP contribution in [0.2, 0.25) is 0 Å². The van der Waals surface area contributed by atoms with E-state index in [0.717, 1.165) is 0 Å². The average molecular weight is 205 g/mol. The highest BCUT2D eigenvalue weighted by atomic mass is 16.6. The van der Waals surface area contributed by atoms with E-state index in [-0.39, 0.29) is 5.69 Å². The zero-order valence-electron chi connectivity index (χ0n) is 8.30. The van der Waals surface area contributed by atoms with Crippen LogP contribution in [0.15, 0.2) is 24.3 Å². The summed E-state index contributed by atoms with van der Waals surface area (Å²) in [7, 11) is 0. The number of benzene rings is 1. The van der Waals surface area contributed by atoms with E-state index in [0.29, 0.717) is 12.0 Å². The smallest absolute Gasteiger partial charge is 0.270 e. The molecule has 0 saturated heterocycles. The maximum Gasteiger partial charge on any atom is 0.270 e. The Morgan fingerprint density at radius 1 is 1.60 bits per heavy atom. The SMILES string of the molecule is CCC(O)C#Cc1cccc([N+](=O)[O-])c1. The average Bonchev–Trinajstić information content (AvgIpc) is 2.26. The van der Waals surface area contributed by atoms with Crippen molar-refractivity contribution in [3.05, 3.63) is 39.9 Å². The summed E-state index contributed by atoms with van der Waals surface area (Å²) in [5.41, 5.74) is 0.546. The molecule has 1 atom stereocenters. The molecule has 1 N–H and O–H groups in total. The minimum Gasteiger partial charge on any atom is -0.380 e. The molecule has 0 aliphatic carbocycles. The van der Waals surface area contributed by atoms with E-state index < -0.39 is 11.0 Å². The number of aliphatic hydroxyl groups excluding tert-OH is 1. The molecule has 0 aromatic heterocycles. The second kappa shape index (κ2) is 5.13. The molecule has 0 bridgehead atoms. The summed E-state index contributed by atoms with van der Waals surface area (Å²) in [6.07, 6.45) is -0.133. The first-order chi connectivity index (χ1) is 7.13. The maximum atomic E-state index is 10.5. The van der Waals surface area contributed by atoms with E-state index in [1.807, 2.05) is 6.92 Å². The molecule has 1 rings (SSSR count). The van der Waals surface area contributed by atoms with Crippen molar-refractivity contribution in [3.63, 3.8) is 0 Å². The van der Waals surface area contributed by atoms with Gasteiger partial charge in [0.15, 0.2) is 0 Å². The van der Waals surface area contributed by atoms with E-state index in [2.05, 4.69) is 11.8 Å². The van der Waals surface area contributed by atoms with Crippen LogP contribution >= 0.6 is 0 Å². The Labute approximate surface area is 87.7 Å². The number of nitro groups is 1. The number of rotatable bonds is 2. The van der Waals surface area contributed by atoms with E-state index in [4.69, 9.17) is 0 Å². The lowest BCUT2D eigenvalue weighted by molar-refractivity contribution is -0.384. The van der Waals surface area contributed by atoms with E-state index in [1.165, 1.54) is 12.1 Å². The predicted octanol–water partition coefficient (Wildman–Crippen LogP) is 1.72. The first kappa shape index (κ1) is 11.2. The van der Waals surface area contributed by atoms with E-state index in [9.17, 15) is 15.2 Å². The molecule has 1 aromatic carbocycles. The molecular weight excluding hydrogens is 194 g/mol. The van der Waals surface area contributed by atoms with Crippen molar-refractivity contribution in [1.29, 1.82) is 0 Å². The number of hydrogen-bond acceptors (Lipinski definition) is 3. The van der Waals surface area contributed by atoms with Crippen molar-refractivity contribution < 1.29 is 10.0 Å². The fourth-order valence-electron chi connectivity index (χ4n) is 0.966. The molecule has 1 unspecified atom stereocenters. The highest BCUT2D eigenvalue weighted by Gasteiger charge is 2.03. The van der Waals surface area contributed by atoms with E-state index in [1.54, 1.807) is 12.1 Å². The molecule has 78 valence electrons. The Kier molecular flexibility index (Phi) is 3.83. The monoisotopic (exact) mass is 205 g/mol. The third-order valence-corrected chi connectivity index (χ3v) is 1.83. The minimum atomic E-state index is -0.677. The molecule has 15 heavy (non-hydrogen) atoms. The number of nitro benzene ring substituents is 1. The van der Waals surface area contributed by atoms with Gasteiger partial charge in [0, 0.05) is 17.7 Å². The maximum absolute atomic E-state index is 10.5. The van der Waals surface area contributed by atoms with Gasteiger partial charge in [-0.2, -0.15) is 0 Å². The molecule has 0 aliphatic rings. The van der Waals surface area contributed by atoms with Crippen molar-refractivity contribution in [2.75, 3.05) is 0 Å². The zero-order chi connectivity index (χ0) is 11.3. The highest BCUT2D eigenvalue weighted by molar-refractivity contribution is 5.43. The molecule has 0 aliphatic heterocycles. The minimum absolute atomic E-state index is 0.00721. The van der Waals surface area contributed by atoms with Gasteiger partial charge in [-0.05, 0) is 12.5 Å². The fraction of sp³-hybridized carbons (Fsp3) is 0.273. The second-order valence-electron chi connectivity index (χ2n) is 3.00. The molecule has 0 radical (unpaired) electrons. The van der Waals surface area contributed by atoms with Gasteiger partial charge in [-0.3, -0.25) is 10.1 Å². The van der Waals surface area contributed by atoms with Crippen LogP contribution in [-0.4, -0.2) is 16.1 Å². The lowest BCUT2D eigenvalue weighted by atomic mass is 10.2. The van der Waals surface area contributed by atoms with Crippen LogP contribution in [0, 0.1) is 22.0 Å². The molecule has 0 amide bonds.